The summed E-state index contributed by atoms with van der Waals surface area (Å²) in [4.78, 5) is 1.76. The van der Waals surface area contributed by atoms with Crippen molar-refractivity contribution in [2.24, 2.45) is 0 Å². The Bertz CT molecular complexity index is 490. The number of benzene rings is 1. The van der Waals surface area contributed by atoms with Gasteiger partial charge in [-0.05, 0) is 43.4 Å². The highest BCUT2D eigenvalue weighted by atomic mass is 19.4. The highest BCUT2D eigenvalue weighted by Crippen LogP contribution is 2.40. The van der Waals surface area contributed by atoms with Crippen molar-refractivity contribution < 1.29 is 13.2 Å². The van der Waals surface area contributed by atoms with Gasteiger partial charge in [0.25, 0.3) is 0 Å². The largest absolute Gasteiger partial charge is 0.418 e. The second-order valence-electron chi connectivity index (χ2n) is 5.85. The van der Waals surface area contributed by atoms with Crippen LogP contribution in [0.2, 0.25) is 0 Å². The van der Waals surface area contributed by atoms with Crippen molar-refractivity contribution in [3.63, 3.8) is 0 Å². The standard InChI is InChI=1S/C15H19F3N2/c1-20(12-5-6-12)14-7-2-10(9-19-11-3-4-11)8-13(14)15(16,17)18/h2,7-8,11-12,19H,3-6,9H2,1H3. The molecule has 2 fully saturated rings. The van der Waals surface area contributed by atoms with Crippen LogP contribution < -0.4 is 10.2 Å². The number of alkyl halides is 3. The molecular weight excluding hydrogens is 265 g/mol. The second kappa shape index (κ2) is 4.95. The number of halogens is 3. The lowest BCUT2D eigenvalue weighted by Crippen LogP contribution is -2.24. The van der Waals surface area contributed by atoms with Crippen LogP contribution in [0.1, 0.15) is 36.8 Å². The first-order chi connectivity index (χ1) is 9.45. The fourth-order valence-corrected chi connectivity index (χ4v) is 2.44. The minimum atomic E-state index is -4.30. The molecule has 2 aliphatic carbocycles. The summed E-state index contributed by atoms with van der Waals surface area (Å²) >= 11 is 0. The van der Waals surface area contributed by atoms with Crippen molar-refractivity contribution in [3.8, 4) is 0 Å². The Labute approximate surface area is 117 Å². The lowest BCUT2D eigenvalue weighted by Gasteiger charge is -2.24. The first kappa shape index (κ1) is 13.7. The Kier molecular flexibility index (Phi) is 3.40. The SMILES string of the molecule is CN(c1ccc(CNC2CC2)cc1C(F)(F)F)C1CC1. The molecule has 2 nitrogen and oxygen atoms in total. The number of hydrogen-bond donors (Lipinski definition) is 1. The Morgan fingerprint density at radius 2 is 1.90 bits per heavy atom. The summed E-state index contributed by atoms with van der Waals surface area (Å²) < 4.78 is 39.7. The molecule has 0 radical (unpaired) electrons. The third kappa shape index (κ3) is 3.08. The average molecular weight is 284 g/mol. The first-order valence-corrected chi connectivity index (χ1v) is 7.11. The van der Waals surface area contributed by atoms with Gasteiger partial charge >= 0.3 is 6.18 Å². The molecule has 110 valence electrons. The fourth-order valence-electron chi connectivity index (χ4n) is 2.44. The molecule has 0 aromatic heterocycles. The van der Waals surface area contributed by atoms with Crippen molar-refractivity contribution in [3.05, 3.63) is 29.3 Å². The Balaban J connectivity index is 1.84. The Hall–Kier alpha value is -1.23. The summed E-state index contributed by atoms with van der Waals surface area (Å²) in [6, 6.07) is 5.48. The van der Waals surface area contributed by atoms with Crippen molar-refractivity contribution in [1.82, 2.24) is 5.32 Å². The predicted molar refractivity (Wildman–Crippen MR) is 72.7 cm³/mol. The van der Waals surface area contributed by atoms with Crippen LogP contribution in [0.3, 0.4) is 0 Å². The molecule has 1 aromatic rings. The molecule has 0 aliphatic heterocycles. The van der Waals surface area contributed by atoms with E-state index in [4.69, 9.17) is 0 Å². The summed E-state index contributed by atoms with van der Waals surface area (Å²) in [5, 5.41) is 3.25. The van der Waals surface area contributed by atoms with E-state index in [1.165, 1.54) is 6.07 Å². The first-order valence-electron chi connectivity index (χ1n) is 7.11. The van der Waals surface area contributed by atoms with E-state index >= 15 is 0 Å². The smallest absolute Gasteiger partial charge is 0.371 e. The van der Waals surface area contributed by atoms with Gasteiger partial charge in [-0.15, -0.1) is 0 Å². The second-order valence-corrected chi connectivity index (χ2v) is 5.85. The topological polar surface area (TPSA) is 15.3 Å². The molecule has 0 unspecified atom stereocenters. The Morgan fingerprint density at radius 3 is 2.45 bits per heavy atom. The lowest BCUT2D eigenvalue weighted by molar-refractivity contribution is -0.137. The molecule has 0 amide bonds. The van der Waals surface area contributed by atoms with Gasteiger partial charge in [0.05, 0.1) is 5.56 Å². The van der Waals surface area contributed by atoms with Crippen molar-refractivity contribution in [2.75, 3.05) is 11.9 Å². The van der Waals surface area contributed by atoms with Gasteiger partial charge in [-0.25, -0.2) is 0 Å². The number of nitrogens with zero attached hydrogens (tertiary/aromatic N) is 1. The van der Waals surface area contributed by atoms with Gasteiger partial charge in [-0.3, -0.25) is 0 Å². The summed E-state index contributed by atoms with van der Waals surface area (Å²) in [7, 11) is 1.75. The zero-order valence-corrected chi connectivity index (χ0v) is 11.5. The fraction of sp³-hybridized carbons (Fsp3) is 0.600. The van der Waals surface area contributed by atoms with E-state index in [1.807, 2.05) is 0 Å². The van der Waals surface area contributed by atoms with Gasteiger partial charge in [-0.1, -0.05) is 6.07 Å². The number of rotatable bonds is 5. The van der Waals surface area contributed by atoms with Crippen molar-refractivity contribution in [1.29, 1.82) is 0 Å². The minimum absolute atomic E-state index is 0.270. The van der Waals surface area contributed by atoms with Gasteiger partial charge in [0.1, 0.15) is 0 Å². The van der Waals surface area contributed by atoms with E-state index in [0.29, 0.717) is 23.8 Å². The number of hydrogen-bond acceptors (Lipinski definition) is 2. The van der Waals surface area contributed by atoms with Crippen LogP contribution in [-0.4, -0.2) is 19.1 Å². The summed E-state index contributed by atoms with van der Waals surface area (Å²) in [6.45, 7) is 0.515. The molecule has 2 aliphatic rings. The maximum atomic E-state index is 13.2. The van der Waals surface area contributed by atoms with Crippen LogP contribution in [0.15, 0.2) is 18.2 Å². The lowest BCUT2D eigenvalue weighted by atomic mass is 10.1. The van der Waals surface area contributed by atoms with Crippen molar-refractivity contribution >= 4 is 5.69 Å². The quantitative estimate of drug-likeness (QED) is 0.889. The number of anilines is 1. The Morgan fingerprint density at radius 1 is 1.20 bits per heavy atom. The minimum Gasteiger partial charge on any atom is -0.371 e. The third-order valence-corrected chi connectivity index (χ3v) is 4.01. The zero-order chi connectivity index (χ0) is 14.3. The van der Waals surface area contributed by atoms with Crippen LogP contribution in [-0.2, 0) is 12.7 Å². The maximum absolute atomic E-state index is 13.2. The van der Waals surface area contributed by atoms with Crippen LogP contribution in [0.25, 0.3) is 0 Å². The van der Waals surface area contributed by atoms with Crippen LogP contribution >= 0.6 is 0 Å². The van der Waals surface area contributed by atoms with Crippen LogP contribution in [0, 0.1) is 0 Å². The molecule has 3 rings (SSSR count). The molecule has 0 bridgehead atoms. The van der Waals surface area contributed by atoms with E-state index in [2.05, 4.69) is 5.32 Å². The molecular formula is C15H19F3N2. The van der Waals surface area contributed by atoms with Gasteiger partial charge < -0.3 is 10.2 Å². The van der Waals surface area contributed by atoms with E-state index in [1.54, 1.807) is 24.1 Å². The average Bonchev–Trinajstić information content (AvgIpc) is 3.28. The molecule has 0 saturated heterocycles. The third-order valence-electron chi connectivity index (χ3n) is 4.01. The molecule has 0 heterocycles. The van der Waals surface area contributed by atoms with E-state index in [9.17, 15) is 13.2 Å². The normalized spacial score (nSPS) is 19.2. The van der Waals surface area contributed by atoms with E-state index < -0.39 is 11.7 Å². The summed E-state index contributed by atoms with van der Waals surface area (Å²) in [5.74, 6) is 0. The summed E-state index contributed by atoms with van der Waals surface area (Å²) in [6.07, 6.45) is -0.0606. The highest BCUT2D eigenvalue weighted by Gasteiger charge is 2.37. The molecule has 0 atom stereocenters. The van der Waals surface area contributed by atoms with E-state index in [-0.39, 0.29) is 6.04 Å². The van der Waals surface area contributed by atoms with Gasteiger partial charge in [-0.2, -0.15) is 13.2 Å². The van der Waals surface area contributed by atoms with E-state index in [0.717, 1.165) is 25.7 Å². The van der Waals surface area contributed by atoms with Crippen LogP contribution in [0.4, 0.5) is 18.9 Å². The highest BCUT2D eigenvalue weighted by molar-refractivity contribution is 5.57. The molecule has 2 saturated carbocycles. The molecule has 20 heavy (non-hydrogen) atoms. The van der Waals surface area contributed by atoms with Gasteiger partial charge in [0, 0.05) is 31.4 Å². The van der Waals surface area contributed by atoms with Gasteiger partial charge in [0.15, 0.2) is 0 Å². The summed E-state index contributed by atoms with van der Waals surface area (Å²) in [5.41, 5.74) is 0.495. The molecule has 1 N–H and O–H groups in total. The van der Waals surface area contributed by atoms with Crippen molar-refractivity contribution in [2.45, 2.75) is 50.5 Å². The molecule has 5 heteroatoms. The zero-order valence-electron chi connectivity index (χ0n) is 11.5. The monoisotopic (exact) mass is 284 g/mol. The molecule has 0 spiro atoms. The molecule has 1 aromatic carbocycles. The number of nitrogens with one attached hydrogen (secondary N) is 1. The van der Waals surface area contributed by atoms with Crippen LogP contribution in [0.5, 0.6) is 0 Å². The maximum Gasteiger partial charge on any atom is 0.418 e. The van der Waals surface area contributed by atoms with Gasteiger partial charge in [0.2, 0.25) is 0 Å². The predicted octanol–water partition coefficient (Wildman–Crippen LogP) is 3.56.